The number of aromatic hydroxyl groups is 1. The number of nitriles is 1. The van der Waals surface area contributed by atoms with Gasteiger partial charge < -0.3 is 20.5 Å². The van der Waals surface area contributed by atoms with Crippen molar-refractivity contribution in [3.05, 3.63) is 77.5 Å². The van der Waals surface area contributed by atoms with Crippen molar-refractivity contribution in [1.29, 1.82) is 5.26 Å². The van der Waals surface area contributed by atoms with Gasteiger partial charge in [0.25, 0.3) is 0 Å². The molecule has 0 bridgehead atoms. The maximum atomic E-state index is 13.9. The van der Waals surface area contributed by atoms with Crippen LogP contribution in [-0.4, -0.2) is 23.7 Å². The molecule has 2 aromatic carbocycles. The van der Waals surface area contributed by atoms with Crippen molar-refractivity contribution >= 4 is 23.3 Å². The highest BCUT2D eigenvalue weighted by atomic mass is 19.2. The first-order valence-electron chi connectivity index (χ1n) is 8.85. The number of phenolic OH excluding ortho intramolecular Hbond substituents is 1. The number of phenols is 1. The topological polar surface area (TPSA) is 95.4 Å². The molecule has 0 saturated heterocycles. The van der Waals surface area contributed by atoms with Crippen molar-refractivity contribution in [2.75, 3.05) is 24.3 Å². The third-order valence-electron chi connectivity index (χ3n) is 4.35. The monoisotopic (exact) mass is 408 g/mol. The third-order valence-corrected chi connectivity index (χ3v) is 4.35. The first kappa shape index (κ1) is 20.6. The Labute approximate surface area is 172 Å². The lowest BCUT2D eigenvalue weighted by molar-refractivity contribution is 0.373. The quantitative estimate of drug-likeness (QED) is 0.588. The summed E-state index contributed by atoms with van der Waals surface area (Å²) in [6, 6.07) is 12.1. The Morgan fingerprint density at radius 3 is 2.67 bits per heavy atom. The molecule has 152 valence electrons. The zero-order valence-corrected chi connectivity index (χ0v) is 16.0. The van der Waals surface area contributed by atoms with E-state index in [2.05, 4.69) is 4.98 Å². The van der Waals surface area contributed by atoms with Crippen LogP contribution < -0.4 is 15.4 Å². The lowest BCUT2D eigenvalue weighted by atomic mass is 10.1. The molecule has 0 amide bonds. The molecule has 6 nitrogen and oxygen atoms in total. The highest BCUT2D eigenvalue weighted by molar-refractivity contribution is 5.74. The van der Waals surface area contributed by atoms with Gasteiger partial charge in [-0.1, -0.05) is 24.3 Å². The van der Waals surface area contributed by atoms with Gasteiger partial charge in [0, 0.05) is 30.4 Å². The van der Waals surface area contributed by atoms with Gasteiger partial charge in [-0.15, -0.1) is 0 Å². The number of para-hydroxylation sites is 1. The number of rotatable bonds is 6. The molecular weight excluding hydrogens is 390 g/mol. The van der Waals surface area contributed by atoms with Crippen molar-refractivity contribution < 1.29 is 18.6 Å². The lowest BCUT2D eigenvalue weighted by Gasteiger charge is -2.24. The van der Waals surface area contributed by atoms with Crippen molar-refractivity contribution in [3.8, 4) is 17.6 Å². The SMILES string of the molecule is COc1cccc(C=CCN(c2ccc(C#N)cn2)c2cc(F)c(F)cc2N)c1O. The molecule has 30 heavy (non-hydrogen) atoms. The van der Waals surface area contributed by atoms with Gasteiger partial charge in [-0.05, 0) is 18.2 Å². The van der Waals surface area contributed by atoms with Crippen LogP contribution in [0, 0.1) is 23.0 Å². The number of nitrogens with two attached hydrogens (primary N) is 1. The molecule has 3 N–H and O–H groups in total. The standard InChI is InChI=1S/C22H18F2N4O2/c1-30-20-6-2-4-15(22(20)29)5-3-9-28(21-8-7-14(12-25)13-27-21)19-11-17(24)16(23)10-18(19)26/h2-8,10-11,13,29H,9,26H2,1H3. The third kappa shape index (κ3) is 4.31. The molecule has 1 aromatic heterocycles. The zero-order chi connectivity index (χ0) is 21.7. The molecule has 0 atom stereocenters. The molecule has 3 aromatic rings. The summed E-state index contributed by atoms with van der Waals surface area (Å²) >= 11 is 0. The summed E-state index contributed by atoms with van der Waals surface area (Å²) in [6.07, 6.45) is 4.73. The first-order chi connectivity index (χ1) is 14.4. The number of ether oxygens (including phenoxy) is 1. The Bertz CT molecular complexity index is 1130. The number of hydrogen-bond acceptors (Lipinski definition) is 6. The average molecular weight is 408 g/mol. The van der Waals surface area contributed by atoms with E-state index in [1.807, 2.05) is 6.07 Å². The number of nitrogens with zero attached hydrogens (tertiary/aromatic N) is 3. The fourth-order valence-electron chi connectivity index (χ4n) is 2.84. The van der Waals surface area contributed by atoms with Gasteiger partial charge in [-0.25, -0.2) is 13.8 Å². The summed E-state index contributed by atoms with van der Waals surface area (Å²) in [5.74, 6) is -1.42. The molecule has 0 spiro atoms. The van der Waals surface area contributed by atoms with E-state index in [0.717, 1.165) is 12.1 Å². The molecule has 0 aliphatic heterocycles. The normalized spacial score (nSPS) is 10.7. The second-order valence-electron chi connectivity index (χ2n) is 6.25. The fraction of sp³-hybridized carbons (Fsp3) is 0.0909. The van der Waals surface area contributed by atoms with Gasteiger partial charge in [-0.2, -0.15) is 5.26 Å². The van der Waals surface area contributed by atoms with E-state index in [1.54, 1.807) is 47.4 Å². The van der Waals surface area contributed by atoms with Crippen LogP contribution in [0.5, 0.6) is 11.5 Å². The van der Waals surface area contributed by atoms with Crippen LogP contribution in [0.15, 0.2) is 54.7 Å². The Balaban J connectivity index is 1.98. The molecule has 3 rings (SSSR count). The first-order valence-corrected chi connectivity index (χ1v) is 8.85. The maximum absolute atomic E-state index is 13.9. The van der Waals surface area contributed by atoms with Crippen LogP contribution >= 0.6 is 0 Å². The highest BCUT2D eigenvalue weighted by Gasteiger charge is 2.16. The van der Waals surface area contributed by atoms with Crippen LogP contribution in [-0.2, 0) is 0 Å². The summed E-state index contributed by atoms with van der Waals surface area (Å²) in [4.78, 5) is 5.78. The van der Waals surface area contributed by atoms with E-state index >= 15 is 0 Å². The minimum atomic E-state index is -1.05. The van der Waals surface area contributed by atoms with Crippen molar-refractivity contribution in [1.82, 2.24) is 4.98 Å². The highest BCUT2D eigenvalue weighted by Crippen LogP contribution is 2.33. The molecule has 0 radical (unpaired) electrons. The van der Waals surface area contributed by atoms with Crippen molar-refractivity contribution in [3.63, 3.8) is 0 Å². The minimum absolute atomic E-state index is 0.0216. The van der Waals surface area contributed by atoms with E-state index in [-0.39, 0.29) is 23.7 Å². The second-order valence-corrected chi connectivity index (χ2v) is 6.25. The smallest absolute Gasteiger partial charge is 0.165 e. The maximum Gasteiger partial charge on any atom is 0.165 e. The van der Waals surface area contributed by atoms with E-state index < -0.39 is 11.6 Å². The Morgan fingerprint density at radius 1 is 1.23 bits per heavy atom. The van der Waals surface area contributed by atoms with Crippen LogP contribution in [0.4, 0.5) is 26.0 Å². The molecule has 0 unspecified atom stereocenters. The number of hydrogen-bond donors (Lipinski definition) is 2. The number of anilines is 3. The van der Waals surface area contributed by atoms with Gasteiger partial charge in [0.2, 0.25) is 0 Å². The lowest BCUT2D eigenvalue weighted by Crippen LogP contribution is -2.20. The molecule has 0 fully saturated rings. The molecule has 0 aliphatic rings. The predicted molar refractivity (Wildman–Crippen MR) is 110 cm³/mol. The van der Waals surface area contributed by atoms with Crippen molar-refractivity contribution in [2.45, 2.75) is 0 Å². The zero-order valence-electron chi connectivity index (χ0n) is 16.0. The summed E-state index contributed by atoms with van der Waals surface area (Å²) in [5, 5.41) is 19.2. The van der Waals surface area contributed by atoms with Crippen LogP contribution in [0.2, 0.25) is 0 Å². The number of methoxy groups -OCH3 is 1. The molecule has 0 saturated carbocycles. The number of nitrogen functional groups attached to an aromatic ring is 1. The van der Waals surface area contributed by atoms with E-state index in [1.165, 1.54) is 13.3 Å². The van der Waals surface area contributed by atoms with E-state index in [4.69, 9.17) is 15.7 Å². The van der Waals surface area contributed by atoms with Gasteiger partial charge in [-0.3, -0.25) is 0 Å². The molecule has 1 heterocycles. The van der Waals surface area contributed by atoms with Crippen molar-refractivity contribution in [2.24, 2.45) is 0 Å². The number of halogens is 2. The fourth-order valence-corrected chi connectivity index (χ4v) is 2.84. The summed E-state index contributed by atoms with van der Waals surface area (Å²) < 4.78 is 32.5. The Hall–Kier alpha value is -4.12. The van der Waals surface area contributed by atoms with Crippen LogP contribution in [0.3, 0.4) is 0 Å². The summed E-state index contributed by atoms with van der Waals surface area (Å²) in [6.45, 7) is 0.171. The molecule has 0 aliphatic carbocycles. The molecular formula is C22H18F2N4O2. The van der Waals surface area contributed by atoms with E-state index in [0.29, 0.717) is 22.7 Å². The van der Waals surface area contributed by atoms with E-state index in [9.17, 15) is 13.9 Å². The summed E-state index contributed by atoms with van der Waals surface area (Å²) in [7, 11) is 1.45. The van der Waals surface area contributed by atoms with Gasteiger partial charge >= 0.3 is 0 Å². The number of benzene rings is 2. The number of aromatic nitrogens is 1. The largest absolute Gasteiger partial charge is 0.504 e. The van der Waals surface area contributed by atoms with Gasteiger partial charge in [0.1, 0.15) is 11.9 Å². The molecule has 8 heteroatoms. The number of pyridine rings is 1. The van der Waals surface area contributed by atoms with Gasteiger partial charge in [0.05, 0.1) is 24.0 Å². The Kier molecular flexibility index (Phi) is 6.13. The predicted octanol–water partition coefficient (Wildman–Crippen LogP) is 4.38. The summed E-state index contributed by atoms with van der Waals surface area (Å²) in [5.41, 5.74) is 7.03. The Morgan fingerprint density at radius 2 is 2.00 bits per heavy atom. The minimum Gasteiger partial charge on any atom is -0.504 e. The second kappa shape index (κ2) is 8.92. The average Bonchev–Trinajstić information content (AvgIpc) is 2.75. The van der Waals surface area contributed by atoms with Crippen LogP contribution in [0.25, 0.3) is 6.08 Å². The van der Waals surface area contributed by atoms with Gasteiger partial charge in [0.15, 0.2) is 23.1 Å². The van der Waals surface area contributed by atoms with Crippen LogP contribution in [0.1, 0.15) is 11.1 Å².